The van der Waals surface area contributed by atoms with E-state index in [9.17, 15) is 9.90 Å². The molecule has 23 heavy (non-hydrogen) atoms. The van der Waals surface area contributed by atoms with Crippen molar-refractivity contribution in [1.82, 2.24) is 4.90 Å². The fraction of sp³-hybridized carbons (Fsp3) is 0.278. The maximum atomic E-state index is 12.8. The number of likely N-dealkylation sites (N-methyl/N-ethyl adjacent to an activating group) is 1. The summed E-state index contributed by atoms with van der Waals surface area (Å²) in [6.07, 6.45) is -0.661. The van der Waals surface area contributed by atoms with Crippen molar-refractivity contribution in [2.24, 2.45) is 0 Å². The average Bonchev–Trinajstić information content (AvgIpc) is 3.01. The summed E-state index contributed by atoms with van der Waals surface area (Å²) in [6.45, 7) is 0.593. The van der Waals surface area contributed by atoms with Crippen molar-refractivity contribution in [1.29, 1.82) is 0 Å². The number of ether oxygens (including phenoxy) is 2. The summed E-state index contributed by atoms with van der Waals surface area (Å²) < 4.78 is 11.1. The van der Waals surface area contributed by atoms with Gasteiger partial charge in [0.2, 0.25) is 0 Å². The predicted molar refractivity (Wildman–Crippen MR) is 85.7 cm³/mol. The number of benzene rings is 2. The Hall–Kier alpha value is -2.37. The van der Waals surface area contributed by atoms with Crippen LogP contribution in [0.15, 0.2) is 54.6 Å². The first-order chi connectivity index (χ1) is 11.2. The molecule has 5 nitrogen and oxygen atoms in total. The van der Waals surface area contributed by atoms with Gasteiger partial charge in [-0.1, -0.05) is 30.3 Å². The predicted octanol–water partition coefficient (Wildman–Crippen LogP) is 2.31. The number of para-hydroxylation sites is 2. The van der Waals surface area contributed by atoms with Gasteiger partial charge in [-0.25, -0.2) is 0 Å². The van der Waals surface area contributed by atoms with E-state index >= 15 is 0 Å². The van der Waals surface area contributed by atoms with Crippen LogP contribution in [0, 0.1) is 0 Å². The molecule has 2 aromatic carbocycles. The molecule has 1 aliphatic heterocycles. The molecule has 0 bridgehead atoms. The highest BCUT2D eigenvalue weighted by atomic mass is 16.5. The van der Waals surface area contributed by atoms with Crippen molar-refractivity contribution in [2.45, 2.75) is 12.1 Å². The van der Waals surface area contributed by atoms with Crippen molar-refractivity contribution in [3.8, 4) is 11.5 Å². The van der Waals surface area contributed by atoms with E-state index in [-0.39, 0.29) is 18.6 Å². The van der Waals surface area contributed by atoms with E-state index in [0.29, 0.717) is 23.7 Å². The van der Waals surface area contributed by atoms with Gasteiger partial charge in [0.15, 0.2) is 0 Å². The first kappa shape index (κ1) is 15.5. The molecular weight excluding hydrogens is 294 g/mol. The van der Waals surface area contributed by atoms with Crippen LogP contribution >= 0.6 is 0 Å². The number of nitrogens with zero attached hydrogens (tertiary/aromatic N) is 1. The average molecular weight is 313 g/mol. The van der Waals surface area contributed by atoms with Crippen LogP contribution in [0.3, 0.4) is 0 Å². The maximum Gasteiger partial charge on any atom is 0.257 e. The van der Waals surface area contributed by atoms with Crippen LogP contribution in [-0.2, 0) is 4.74 Å². The Kier molecular flexibility index (Phi) is 4.60. The van der Waals surface area contributed by atoms with Gasteiger partial charge in [0.1, 0.15) is 11.5 Å². The Labute approximate surface area is 135 Å². The summed E-state index contributed by atoms with van der Waals surface area (Å²) in [6, 6.07) is 16.1. The highest BCUT2D eigenvalue weighted by molar-refractivity contribution is 5.97. The second kappa shape index (κ2) is 6.81. The quantitative estimate of drug-likeness (QED) is 0.941. The third-order valence-electron chi connectivity index (χ3n) is 3.93. The first-order valence-corrected chi connectivity index (χ1v) is 7.51. The van der Waals surface area contributed by atoms with Crippen molar-refractivity contribution >= 4 is 5.91 Å². The Bertz CT molecular complexity index is 674. The molecule has 120 valence electrons. The standard InChI is InChI=1S/C18H19NO4/c1-19(15-11-22-12-16(15)20)18(21)14-9-5-6-10-17(14)23-13-7-3-2-4-8-13/h2-10,15-16,20H,11-12H2,1H3/t15-,16-/m1/s1. The van der Waals surface area contributed by atoms with Crippen LogP contribution in [0.5, 0.6) is 11.5 Å². The Morgan fingerprint density at radius 2 is 1.83 bits per heavy atom. The fourth-order valence-electron chi connectivity index (χ4n) is 2.59. The first-order valence-electron chi connectivity index (χ1n) is 7.51. The van der Waals surface area contributed by atoms with E-state index in [1.165, 1.54) is 4.90 Å². The lowest BCUT2D eigenvalue weighted by Crippen LogP contribution is -2.44. The number of carbonyl (C=O) groups is 1. The molecule has 1 amide bonds. The second-order valence-electron chi connectivity index (χ2n) is 5.50. The van der Waals surface area contributed by atoms with Gasteiger partial charge < -0.3 is 19.5 Å². The lowest BCUT2D eigenvalue weighted by molar-refractivity contribution is 0.0579. The van der Waals surface area contributed by atoms with Crippen molar-refractivity contribution in [3.63, 3.8) is 0 Å². The molecule has 3 rings (SSSR count). The van der Waals surface area contributed by atoms with E-state index < -0.39 is 6.10 Å². The fourth-order valence-corrected chi connectivity index (χ4v) is 2.59. The minimum Gasteiger partial charge on any atom is -0.457 e. The molecule has 0 unspecified atom stereocenters. The molecule has 1 heterocycles. The Balaban J connectivity index is 1.83. The van der Waals surface area contributed by atoms with E-state index in [1.807, 2.05) is 36.4 Å². The van der Waals surface area contributed by atoms with Crippen molar-refractivity contribution in [3.05, 3.63) is 60.2 Å². The second-order valence-corrected chi connectivity index (χ2v) is 5.50. The van der Waals surface area contributed by atoms with Gasteiger partial charge in [0, 0.05) is 7.05 Å². The summed E-state index contributed by atoms with van der Waals surface area (Å²) in [5, 5.41) is 9.91. The van der Waals surface area contributed by atoms with E-state index in [0.717, 1.165) is 0 Å². The summed E-state index contributed by atoms with van der Waals surface area (Å²) in [5.74, 6) is 0.953. The lowest BCUT2D eigenvalue weighted by atomic mass is 10.1. The van der Waals surface area contributed by atoms with Gasteiger partial charge in [-0.2, -0.15) is 0 Å². The molecular formula is C18H19NO4. The molecule has 5 heteroatoms. The van der Waals surface area contributed by atoms with Crippen LogP contribution in [-0.4, -0.2) is 48.3 Å². The number of carbonyl (C=O) groups excluding carboxylic acids is 1. The molecule has 1 aliphatic rings. The highest BCUT2D eigenvalue weighted by Crippen LogP contribution is 2.27. The molecule has 2 atom stereocenters. The zero-order chi connectivity index (χ0) is 16.2. The number of aliphatic hydroxyl groups excluding tert-OH is 1. The van der Waals surface area contributed by atoms with Crippen LogP contribution in [0.25, 0.3) is 0 Å². The molecule has 0 aliphatic carbocycles. The minimum atomic E-state index is -0.661. The number of hydrogen-bond acceptors (Lipinski definition) is 4. The Morgan fingerprint density at radius 3 is 2.52 bits per heavy atom. The molecule has 0 saturated carbocycles. The molecule has 1 saturated heterocycles. The Morgan fingerprint density at radius 1 is 1.13 bits per heavy atom. The largest absolute Gasteiger partial charge is 0.457 e. The number of rotatable bonds is 4. The third kappa shape index (κ3) is 3.36. The topological polar surface area (TPSA) is 59.0 Å². The molecule has 0 aromatic heterocycles. The van der Waals surface area contributed by atoms with Gasteiger partial charge in [0.25, 0.3) is 5.91 Å². The molecule has 2 aromatic rings. The summed E-state index contributed by atoms with van der Waals surface area (Å²) >= 11 is 0. The smallest absolute Gasteiger partial charge is 0.257 e. The number of amides is 1. The van der Waals surface area contributed by atoms with Crippen LogP contribution in [0.1, 0.15) is 10.4 Å². The SMILES string of the molecule is CN(C(=O)c1ccccc1Oc1ccccc1)[C@@H]1COC[C@H]1O. The van der Waals surface area contributed by atoms with Gasteiger partial charge >= 0.3 is 0 Å². The van der Waals surface area contributed by atoms with E-state index in [4.69, 9.17) is 9.47 Å². The van der Waals surface area contributed by atoms with Crippen LogP contribution in [0.4, 0.5) is 0 Å². The molecule has 0 spiro atoms. The lowest BCUT2D eigenvalue weighted by Gasteiger charge is -2.26. The van der Waals surface area contributed by atoms with Gasteiger partial charge in [-0.15, -0.1) is 0 Å². The van der Waals surface area contributed by atoms with Crippen LogP contribution < -0.4 is 4.74 Å². The summed E-state index contributed by atoms with van der Waals surface area (Å²) in [7, 11) is 1.67. The summed E-state index contributed by atoms with van der Waals surface area (Å²) in [4.78, 5) is 14.3. The summed E-state index contributed by atoms with van der Waals surface area (Å²) in [5.41, 5.74) is 0.456. The molecule has 1 N–H and O–H groups in total. The molecule has 0 radical (unpaired) electrons. The number of hydrogen-bond donors (Lipinski definition) is 1. The minimum absolute atomic E-state index is 0.203. The van der Waals surface area contributed by atoms with Crippen molar-refractivity contribution in [2.75, 3.05) is 20.3 Å². The zero-order valence-electron chi connectivity index (χ0n) is 12.9. The van der Waals surface area contributed by atoms with E-state index in [1.54, 1.807) is 25.2 Å². The van der Waals surface area contributed by atoms with E-state index in [2.05, 4.69) is 0 Å². The monoisotopic (exact) mass is 313 g/mol. The third-order valence-corrected chi connectivity index (χ3v) is 3.93. The van der Waals surface area contributed by atoms with Gasteiger partial charge in [-0.3, -0.25) is 4.79 Å². The highest BCUT2D eigenvalue weighted by Gasteiger charge is 2.33. The van der Waals surface area contributed by atoms with Gasteiger partial charge in [0.05, 0.1) is 30.9 Å². The normalized spacial score (nSPS) is 20.3. The van der Waals surface area contributed by atoms with Crippen molar-refractivity contribution < 1.29 is 19.4 Å². The maximum absolute atomic E-state index is 12.8. The molecule has 1 fully saturated rings. The van der Waals surface area contributed by atoms with Crippen LogP contribution in [0.2, 0.25) is 0 Å². The zero-order valence-corrected chi connectivity index (χ0v) is 12.9. The number of aliphatic hydroxyl groups is 1. The van der Waals surface area contributed by atoms with Gasteiger partial charge in [-0.05, 0) is 24.3 Å².